The number of hydrogen-bond donors (Lipinski definition) is 0. The van der Waals surface area contributed by atoms with E-state index in [4.69, 9.17) is 10.1 Å². The van der Waals surface area contributed by atoms with Crippen molar-refractivity contribution in [3.8, 4) is 0 Å². The summed E-state index contributed by atoms with van der Waals surface area (Å²) in [7, 11) is 0. The van der Waals surface area contributed by atoms with Crippen molar-refractivity contribution in [1.82, 2.24) is 5.01 Å². The summed E-state index contributed by atoms with van der Waals surface area (Å²) in [5, 5.41) is 7.15. The molecule has 4 rings (SSSR count). The normalized spacial score (nSPS) is 41.0. The molecular weight excluding hydrogens is 198 g/mol. The predicted octanol–water partition coefficient (Wildman–Crippen LogP) is 2.43. The molecule has 3 nitrogen and oxygen atoms in total. The van der Waals surface area contributed by atoms with Crippen LogP contribution in [-0.4, -0.2) is 29.1 Å². The number of aliphatic imine (C=N–C) groups is 1. The summed E-state index contributed by atoms with van der Waals surface area (Å²) in [4.78, 5) is 4.94. The second-order valence-corrected chi connectivity index (χ2v) is 5.77. The maximum Gasteiger partial charge on any atom is 0.137 e. The zero-order chi connectivity index (χ0) is 10.5. The van der Waals surface area contributed by atoms with Gasteiger partial charge in [-0.15, -0.1) is 0 Å². The van der Waals surface area contributed by atoms with Gasteiger partial charge in [0.05, 0.1) is 11.4 Å². The highest BCUT2D eigenvalue weighted by molar-refractivity contribution is 6.44. The third-order valence-corrected chi connectivity index (χ3v) is 4.81. The first-order valence-corrected chi connectivity index (χ1v) is 6.81. The van der Waals surface area contributed by atoms with Gasteiger partial charge in [0, 0.05) is 6.54 Å². The monoisotopic (exact) mass is 217 g/mol. The molecule has 2 aliphatic heterocycles. The van der Waals surface area contributed by atoms with Crippen LogP contribution in [0.15, 0.2) is 10.1 Å². The molecule has 0 N–H and O–H groups in total. The second kappa shape index (κ2) is 3.31. The first-order chi connectivity index (χ1) is 7.90. The Morgan fingerprint density at radius 3 is 2.88 bits per heavy atom. The molecule has 3 fully saturated rings. The van der Waals surface area contributed by atoms with Gasteiger partial charge in [-0.05, 0) is 50.4 Å². The highest BCUT2D eigenvalue weighted by Crippen LogP contribution is 2.41. The summed E-state index contributed by atoms with van der Waals surface area (Å²) in [6.07, 6.45) is 9.58. The van der Waals surface area contributed by atoms with Crippen molar-refractivity contribution in [3.05, 3.63) is 0 Å². The van der Waals surface area contributed by atoms with Crippen LogP contribution in [0.2, 0.25) is 0 Å². The fourth-order valence-corrected chi connectivity index (χ4v) is 3.94. The maximum absolute atomic E-state index is 4.94. The zero-order valence-electron chi connectivity index (χ0n) is 9.73. The topological polar surface area (TPSA) is 28.0 Å². The smallest absolute Gasteiger partial charge is 0.137 e. The van der Waals surface area contributed by atoms with Gasteiger partial charge in [-0.25, -0.2) is 0 Å². The van der Waals surface area contributed by atoms with Crippen LogP contribution in [-0.2, 0) is 0 Å². The highest BCUT2D eigenvalue weighted by atomic mass is 15.5. The van der Waals surface area contributed by atoms with Gasteiger partial charge in [-0.1, -0.05) is 6.42 Å². The van der Waals surface area contributed by atoms with Crippen LogP contribution >= 0.6 is 0 Å². The molecule has 3 atom stereocenters. The Labute approximate surface area is 96.6 Å². The minimum absolute atomic E-state index is 0.399. The van der Waals surface area contributed by atoms with E-state index in [-0.39, 0.29) is 0 Å². The molecule has 16 heavy (non-hydrogen) atoms. The van der Waals surface area contributed by atoms with Gasteiger partial charge in [0.15, 0.2) is 0 Å². The van der Waals surface area contributed by atoms with Gasteiger partial charge in [0.2, 0.25) is 0 Å². The number of fused-ring (bicyclic) bond motifs is 3. The van der Waals surface area contributed by atoms with Crippen molar-refractivity contribution in [3.63, 3.8) is 0 Å². The molecular formula is C13H19N3. The van der Waals surface area contributed by atoms with E-state index in [9.17, 15) is 0 Å². The molecule has 0 spiro atoms. The number of nitrogens with zero attached hydrogens (tertiary/aromatic N) is 3. The Morgan fingerprint density at radius 2 is 1.88 bits per heavy atom. The van der Waals surface area contributed by atoms with E-state index >= 15 is 0 Å². The minimum atomic E-state index is 0.399. The van der Waals surface area contributed by atoms with E-state index < -0.39 is 0 Å². The van der Waals surface area contributed by atoms with Crippen molar-refractivity contribution < 1.29 is 0 Å². The third-order valence-electron chi connectivity index (χ3n) is 4.81. The average Bonchev–Trinajstić information content (AvgIpc) is 2.89. The van der Waals surface area contributed by atoms with Crippen molar-refractivity contribution in [2.24, 2.45) is 21.9 Å². The third kappa shape index (κ3) is 1.26. The van der Waals surface area contributed by atoms with E-state index in [1.54, 1.807) is 0 Å². The lowest BCUT2D eigenvalue weighted by Crippen LogP contribution is -2.45. The molecule has 0 bridgehead atoms. The van der Waals surface area contributed by atoms with Crippen molar-refractivity contribution in [1.29, 1.82) is 0 Å². The van der Waals surface area contributed by atoms with Crippen LogP contribution in [0.1, 0.15) is 44.9 Å². The van der Waals surface area contributed by atoms with Crippen LogP contribution in [0, 0.1) is 11.8 Å². The van der Waals surface area contributed by atoms with Gasteiger partial charge in [0.25, 0.3) is 0 Å². The Hall–Kier alpha value is -0.860. The molecule has 2 saturated carbocycles. The molecule has 4 aliphatic rings. The van der Waals surface area contributed by atoms with Crippen LogP contribution in [0.3, 0.4) is 0 Å². The summed E-state index contributed by atoms with van der Waals surface area (Å²) >= 11 is 0. The minimum Gasteiger partial charge on any atom is -0.272 e. The number of hydrazone groups is 1. The van der Waals surface area contributed by atoms with Crippen molar-refractivity contribution in [2.75, 3.05) is 6.54 Å². The molecule has 1 saturated heterocycles. The Bertz CT molecular complexity index is 337. The number of rotatable bonds is 0. The fourth-order valence-electron chi connectivity index (χ4n) is 3.94. The van der Waals surface area contributed by atoms with Crippen molar-refractivity contribution in [2.45, 2.75) is 51.1 Å². The van der Waals surface area contributed by atoms with E-state index in [0.29, 0.717) is 6.17 Å². The molecule has 0 amide bonds. The van der Waals surface area contributed by atoms with Crippen LogP contribution < -0.4 is 0 Å². The van der Waals surface area contributed by atoms with Crippen LogP contribution in [0.5, 0.6) is 0 Å². The summed E-state index contributed by atoms with van der Waals surface area (Å²) in [5.74, 6) is 1.86. The van der Waals surface area contributed by atoms with Crippen LogP contribution in [0.25, 0.3) is 0 Å². The second-order valence-electron chi connectivity index (χ2n) is 5.77. The first-order valence-electron chi connectivity index (χ1n) is 6.81. The molecule has 0 aromatic rings. The van der Waals surface area contributed by atoms with E-state index in [1.165, 1.54) is 56.5 Å². The van der Waals surface area contributed by atoms with E-state index in [0.717, 1.165) is 18.3 Å². The van der Waals surface area contributed by atoms with E-state index in [2.05, 4.69) is 5.01 Å². The van der Waals surface area contributed by atoms with Gasteiger partial charge in [-0.3, -0.25) is 10.0 Å². The quantitative estimate of drug-likeness (QED) is 0.612. The summed E-state index contributed by atoms with van der Waals surface area (Å²) in [5.41, 5.74) is 2.63. The van der Waals surface area contributed by atoms with Crippen molar-refractivity contribution >= 4 is 11.4 Å². The molecule has 0 radical (unpaired) electrons. The Balaban J connectivity index is 1.63. The first kappa shape index (κ1) is 9.20. The number of hydrogen-bond acceptors (Lipinski definition) is 3. The number of piperidine rings is 1. The molecule has 86 valence electrons. The molecule has 0 aromatic heterocycles. The molecule has 2 aliphatic carbocycles. The van der Waals surface area contributed by atoms with Gasteiger partial charge < -0.3 is 0 Å². The summed E-state index contributed by atoms with van der Waals surface area (Å²) in [6.45, 7) is 1.18. The average molecular weight is 217 g/mol. The fraction of sp³-hybridized carbons (Fsp3) is 0.846. The predicted molar refractivity (Wildman–Crippen MR) is 64.7 cm³/mol. The van der Waals surface area contributed by atoms with Gasteiger partial charge in [0.1, 0.15) is 6.17 Å². The lowest BCUT2D eigenvalue weighted by atomic mass is 9.87. The molecule has 2 heterocycles. The van der Waals surface area contributed by atoms with E-state index in [1.807, 2.05) is 0 Å². The van der Waals surface area contributed by atoms with Crippen LogP contribution in [0.4, 0.5) is 0 Å². The standard InChI is InChI=1S/C13H19N3/c1-3-9-7-13-14-11-5-2-6-12(11)15-16(13)8-10(9)4-1/h9-10,13H,1-8H2. The summed E-state index contributed by atoms with van der Waals surface area (Å²) in [6, 6.07) is 0. The molecule has 0 aromatic carbocycles. The van der Waals surface area contributed by atoms with Gasteiger partial charge >= 0.3 is 0 Å². The summed E-state index contributed by atoms with van der Waals surface area (Å²) < 4.78 is 0. The Kier molecular flexibility index (Phi) is 1.91. The zero-order valence-corrected chi connectivity index (χ0v) is 9.73. The molecule has 3 unspecified atom stereocenters. The largest absolute Gasteiger partial charge is 0.272 e. The highest BCUT2D eigenvalue weighted by Gasteiger charge is 2.40. The lowest BCUT2D eigenvalue weighted by molar-refractivity contribution is 0.0824. The maximum atomic E-state index is 4.94. The Morgan fingerprint density at radius 1 is 1.00 bits per heavy atom. The lowest BCUT2D eigenvalue weighted by Gasteiger charge is -2.40. The molecule has 3 heteroatoms. The SMILES string of the molecule is C1CC2=NC3CC4CCCC4CN3N=C2C1. The van der Waals surface area contributed by atoms with Gasteiger partial charge in [-0.2, -0.15) is 5.10 Å².